The smallest absolute Gasteiger partial charge is 0.218 e. The van der Waals surface area contributed by atoms with Gasteiger partial charge in [-0.3, -0.25) is 9.48 Å². The summed E-state index contributed by atoms with van der Waals surface area (Å²) in [6.07, 6.45) is 2.84. The molecule has 1 radical (unpaired) electrons. The number of nitrogens with one attached hydrogen (secondary N) is 1. The molecule has 0 amide bonds. The Balaban J connectivity index is 1.38. The summed E-state index contributed by atoms with van der Waals surface area (Å²) >= 11 is 0. The molecule has 173 valence electrons. The van der Waals surface area contributed by atoms with Crippen LogP contribution >= 0.6 is 0 Å². The molecule has 4 atom stereocenters. The number of aromatic nitrogens is 4. The maximum absolute atomic E-state index is 14.1. The third-order valence-corrected chi connectivity index (χ3v) is 6.25. The zero-order chi connectivity index (χ0) is 23.8. The topological polar surface area (TPSA) is 113 Å². The van der Waals surface area contributed by atoms with Gasteiger partial charge in [0.05, 0.1) is 24.3 Å². The molecule has 1 fully saturated rings. The first-order valence-corrected chi connectivity index (χ1v) is 10.9. The predicted molar refractivity (Wildman–Crippen MR) is 124 cm³/mol. The fourth-order valence-corrected chi connectivity index (χ4v) is 4.40. The summed E-state index contributed by atoms with van der Waals surface area (Å²) in [5, 5.41) is 29.0. The molecule has 0 spiro atoms. The summed E-state index contributed by atoms with van der Waals surface area (Å²) in [6, 6.07) is 11.5. The van der Waals surface area contributed by atoms with Crippen molar-refractivity contribution < 1.29 is 19.4 Å². The lowest BCUT2D eigenvalue weighted by Crippen LogP contribution is -2.35. The Morgan fingerprint density at radius 3 is 2.71 bits per heavy atom. The van der Waals surface area contributed by atoms with E-state index in [1.807, 2.05) is 12.1 Å². The van der Waals surface area contributed by atoms with Gasteiger partial charge in [0.15, 0.2) is 0 Å². The lowest BCUT2D eigenvalue weighted by molar-refractivity contribution is 0.0256. The van der Waals surface area contributed by atoms with Crippen molar-refractivity contribution in [3.8, 4) is 0 Å². The third kappa shape index (κ3) is 4.04. The number of carbonyl (C=O) groups is 1. The minimum Gasteiger partial charge on any atom is -0.390 e. The number of benzene rings is 2. The molecule has 0 aliphatic heterocycles. The summed E-state index contributed by atoms with van der Waals surface area (Å²) in [4.78, 5) is 21.3. The molecule has 3 N–H and O–H groups in total. The van der Waals surface area contributed by atoms with Gasteiger partial charge in [0.2, 0.25) is 5.78 Å². The third-order valence-electron chi connectivity index (χ3n) is 6.25. The predicted octanol–water partition coefficient (Wildman–Crippen LogP) is 2.60. The van der Waals surface area contributed by atoms with Crippen LogP contribution in [0.1, 0.15) is 28.0 Å². The first-order chi connectivity index (χ1) is 16.4. The Kier molecular flexibility index (Phi) is 5.80. The molecular formula is C25H23FN5O3. The highest BCUT2D eigenvalue weighted by Crippen LogP contribution is 2.29. The second-order valence-corrected chi connectivity index (χ2v) is 8.49. The van der Waals surface area contributed by atoms with Gasteiger partial charge in [-0.25, -0.2) is 14.4 Å². The average molecular weight is 460 g/mol. The Hall–Kier alpha value is -3.69. The lowest BCUT2D eigenvalue weighted by atomic mass is 10.0. The van der Waals surface area contributed by atoms with Gasteiger partial charge in [-0.1, -0.05) is 30.3 Å². The van der Waals surface area contributed by atoms with E-state index in [1.54, 1.807) is 35.1 Å². The van der Waals surface area contributed by atoms with Gasteiger partial charge < -0.3 is 15.5 Å². The summed E-state index contributed by atoms with van der Waals surface area (Å²) in [5.74, 6) is -0.744. The molecule has 1 aliphatic carbocycles. The van der Waals surface area contributed by atoms with Crippen molar-refractivity contribution in [2.24, 2.45) is 5.92 Å². The number of hydrogen-bond donors (Lipinski definition) is 3. The molecule has 0 unspecified atom stereocenters. The van der Waals surface area contributed by atoms with E-state index in [1.165, 1.54) is 18.6 Å². The van der Waals surface area contributed by atoms with E-state index in [-0.39, 0.29) is 34.6 Å². The first-order valence-electron chi connectivity index (χ1n) is 10.9. The maximum atomic E-state index is 14.1. The van der Waals surface area contributed by atoms with Crippen LogP contribution in [0.5, 0.6) is 0 Å². The molecule has 2 aromatic heterocycles. The molecule has 0 saturated heterocycles. The van der Waals surface area contributed by atoms with Gasteiger partial charge in [-0.05, 0) is 42.3 Å². The van der Waals surface area contributed by atoms with Crippen LogP contribution in [-0.4, -0.2) is 54.0 Å². The summed E-state index contributed by atoms with van der Waals surface area (Å²) in [6.45, 7) is 4.21. The highest BCUT2D eigenvalue weighted by Gasteiger charge is 2.39. The van der Waals surface area contributed by atoms with Crippen molar-refractivity contribution in [3.05, 3.63) is 90.7 Å². The first kappa shape index (κ1) is 22.1. The fraction of sp³-hybridized carbons (Fsp3) is 0.240. The van der Waals surface area contributed by atoms with Crippen molar-refractivity contribution >= 4 is 22.4 Å². The van der Waals surface area contributed by atoms with Crippen LogP contribution in [0.2, 0.25) is 0 Å². The number of anilines is 1. The molecule has 5 rings (SSSR count). The van der Waals surface area contributed by atoms with Crippen molar-refractivity contribution in [2.75, 3.05) is 5.32 Å². The largest absolute Gasteiger partial charge is 0.390 e. The zero-order valence-electron chi connectivity index (χ0n) is 18.2. The maximum Gasteiger partial charge on any atom is 0.218 e. The second-order valence-electron chi connectivity index (χ2n) is 8.49. The Morgan fingerprint density at radius 1 is 1.15 bits per heavy atom. The van der Waals surface area contributed by atoms with E-state index in [0.717, 1.165) is 10.9 Å². The van der Waals surface area contributed by atoms with Gasteiger partial charge in [0, 0.05) is 17.8 Å². The van der Waals surface area contributed by atoms with Crippen molar-refractivity contribution in [1.29, 1.82) is 0 Å². The van der Waals surface area contributed by atoms with Crippen molar-refractivity contribution in [2.45, 2.75) is 31.2 Å². The van der Waals surface area contributed by atoms with Crippen LogP contribution in [0.3, 0.4) is 0 Å². The van der Waals surface area contributed by atoms with E-state index in [2.05, 4.69) is 27.3 Å². The molecular weight excluding hydrogens is 437 g/mol. The number of ketones is 1. The molecule has 1 saturated carbocycles. The number of aliphatic hydroxyl groups is 2. The molecule has 9 heteroatoms. The monoisotopic (exact) mass is 460 g/mol. The van der Waals surface area contributed by atoms with E-state index in [4.69, 9.17) is 0 Å². The Labute approximate surface area is 195 Å². The van der Waals surface area contributed by atoms with Gasteiger partial charge in [-0.15, -0.1) is 0 Å². The van der Waals surface area contributed by atoms with Crippen LogP contribution in [0.4, 0.5) is 10.2 Å². The molecule has 2 aromatic carbocycles. The molecule has 1 aliphatic rings. The summed E-state index contributed by atoms with van der Waals surface area (Å²) in [7, 11) is 0. The number of fused-ring (bicyclic) bond motifs is 1. The van der Waals surface area contributed by atoms with Gasteiger partial charge in [0.1, 0.15) is 29.8 Å². The lowest BCUT2D eigenvalue weighted by Gasteiger charge is -2.19. The van der Waals surface area contributed by atoms with Crippen LogP contribution in [-0.2, 0) is 6.54 Å². The van der Waals surface area contributed by atoms with E-state index >= 15 is 0 Å². The SMILES string of the molecule is [CH2][C@@H]1C[C@@H](Nc2ncncc2C(=O)c2ccn(Cc3ccc(F)c4ccccc34)n2)[C@H](O)[C@@H]1O. The van der Waals surface area contributed by atoms with Crippen molar-refractivity contribution in [3.63, 3.8) is 0 Å². The number of aliphatic hydroxyl groups excluding tert-OH is 2. The molecule has 2 heterocycles. The molecule has 4 aromatic rings. The number of carbonyl (C=O) groups excluding carboxylic acids is 1. The van der Waals surface area contributed by atoms with Crippen molar-refractivity contribution in [1.82, 2.24) is 19.7 Å². The van der Waals surface area contributed by atoms with Gasteiger partial charge in [-0.2, -0.15) is 5.10 Å². The minimum atomic E-state index is -1.02. The number of rotatable bonds is 6. The van der Waals surface area contributed by atoms with E-state index < -0.39 is 18.2 Å². The minimum absolute atomic E-state index is 0.200. The Bertz CT molecular complexity index is 1360. The number of hydrogen-bond acceptors (Lipinski definition) is 7. The molecule has 34 heavy (non-hydrogen) atoms. The molecule has 8 nitrogen and oxygen atoms in total. The summed E-state index contributed by atoms with van der Waals surface area (Å²) < 4.78 is 15.8. The highest BCUT2D eigenvalue weighted by molar-refractivity contribution is 6.10. The van der Waals surface area contributed by atoms with E-state index in [9.17, 15) is 19.4 Å². The standard InChI is InChI=1S/C25H23FN5O3/c1-14-10-21(24(34)22(14)32)29-25-18(11-27-13-28-25)23(33)20-8-9-31(30-20)12-15-6-7-19(26)17-5-3-2-4-16(15)17/h2-9,11,13-14,21-22,24,32,34H,1,10,12H2,(H,27,28,29)/t14-,21-,22-,24+/m1/s1. The zero-order valence-corrected chi connectivity index (χ0v) is 18.2. The fourth-order valence-electron chi connectivity index (χ4n) is 4.40. The van der Waals surface area contributed by atoms with Crippen LogP contribution in [0.15, 0.2) is 61.2 Å². The Morgan fingerprint density at radius 2 is 1.94 bits per heavy atom. The van der Waals surface area contributed by atoms with Gasteiger partial charge >= 0.3 is 0 Å². The van der Waals surface area contributed by atoms with Gasteiger partial charge in [0.25, 0.3) is 0 Å². The summed E-state index contributed by atoms with van der Waals surface area (Å²) in [5.41, 5.74) is 1.28. The number of halogens is 1. The van der Waals surface area contributed by atoms with E-state index in [0.29, 0.717) is 18.4 Å². The number of nitrogens with zero attached hydrogens (tertiary/aromatic N) is 4. The highest BCUT2D eigenvalue weighted by atomic mass is 19.1. The average Bonchev–Trinajstić information content (AvgIpc) is 3.41. The van der Waals surface area contributed by atoms with Crippen LogP contribution in [0, 0.1) is 18.7 Å². The van der Waals surface area contributed by atoms with Crippen LogP contribution < -0.4 is 5.32 Å². The normalized spacial score (nSPS) is 22.2. The van der Waals surface area contributed by atoms with Crippen LogP contribution in [0.25, 0.3) is 10.8 Å². The molecule has 0 bridgehead atoms. The quantitative estimate of drug-likeness (QED) is 0.379. The second kappa shape index (κ2) is 8.92.